The summed E-state index contributed by atoms with van der Waals surface area (Å²) in [5.41, 5.74) is 0.105. The zero-order chi connectivity index (χ0) is 13.5. The summed E-state index contributed by atoms with van der Waals surface area (Å²) in [5.74, 6) is -0.374. The minimum atomic E-state index is -0.533. The standard InChI is InChI=1S/C14H20FNO2/c1-4-6-9-16(5-2)14(17)12-8-7-11(18-3)10-13(12)15/h7-8,10H,4-6,9H2,1-3H3. The Balaban J connectivity index is 2.87. The fourth-order valence-electron chi connectivity index (χ4n) is 1.72. The minimum absolute atomic E-state index is 0.105. The van der Waals surface area contributed by atoms with E-state index in [-0.39, 0.29) is 11.5 Å². The molecule has 18 heavy (non-hydrogen) atoms. The maximum atomic E-state index is 13.8. The van der Waals surface area contributed by atoms with Gasteiger partial charge < -0.3 is 9.64 Å². The van der Waals surface area contributed by atoms with Crippen LogP contribution in [0.4, 0.5) is 4.39 Å². The number of unbranched alkanes of at least 4 members (excludes halogenated alkanes) is 1. The van der Waals surface area contributed by atoms with Gasteiger partial charge in [0.25, 0.3) is 5.91 Å². The monoisotopic (exact) mass is 253 g/mol. The molecule has 3 nitrogen and oxygen atoms in total. The van der Waals surface area contributed by atoms with Gasteiger partial charge in [0.15, 0.2) is 0 Å². The van der Waals surface area contributed by atoms with Gasteiger partial charge >= 0.3 is 0 Å². The summed E-state index contributed by atoms with van der Waals surface area (Å²) in [4.78, 5) is 13.8. The van der Waals surface area contributed by atoms with Gasteiger partial charge in [-0.15, -0.1) is 0 Å². The van der Waals surface area contributed by atoms with Crippen LogP contribution >= 0.6 is 0 Å². The second-order valence-corrected chi connectivity index (χ2v) is 4.08. The van der Waals surface area contributed by atoms with Crippen LogP contribution in [-0.4, -0.2) is 31.0 Å². The van der Waals surface area contributed by atoms with E-state index in [1.165, 1.54) is 19.2 Å². The van der Waals surface area contributed by atoms with Crippen LogP contribution in [0.3, 0.4) is 0 Å². The third-order valence-electron chi connectivity index (χ3n) is 2.86. The van der Waals surface area contributed by atoms with Crippen molar-refractivity contribution in [3.8, 4) is 5.75 Å². The Labute approximate surface area is 108 Å². The largest absolute Gasteiger partial charge is 0.497 e. The third kappa shape index (κ3) is 3.45. The quantitative estimate of drug-likeness (QED) is 0.779. The topological polar surface area (TPSA) is 29.5 Å². The Hall–Kier alpha value is -1.58. The number of rotatable bonds is 6. The van der Waals surface area contributed by atoms with Crippen molar-refractivity contribution in [3.63, 3.8) is 0 Å². The van der Waals surface area contributed by atoms with Gasteiger partial charge in [-0.1, -0.05) is 13.3 Å². The van der Waals surface area contributed by atoms with Crippen molar-refractivity contribution in [2.24, 2.45) is 0 Å². The zero-order valence-corrected chi connectivity index (χ0v) is 11.2. The molecule has 0 unspecified atom stereocenters. The molecule has 0 aliphatic rings. The number of carbonyl (C=O) groups excluding carboxylic acids is 1. The normalized spacial score (nSPS) is 10.2. The second-order valence-electron chi connectivity index (χ2n) is 4.08. The first-order valence-corrected chi connectivity index (χ1v) is 6.26. The number of benzene rings is 1. The predicted molar refractivity (Wildman–Crippen MR) is 69.4 cm³/mol. The molecular formula is C14H20FNO2. The summed E-state index contributed by atoms with van der Waals surface area (Å²) in [5, 5.41) is 0. The van der Waals surface area contributed by atoms with Gasteiger partial charge in [-0.2, -0.15) is 0 Å². The third-order valence-corrected chi connectivity index (χ3v) is 2.86. The van der Waals surface area contributed by atoms with Crippen molar-refractivity contribution in [3.05, 3.63) is 29.6 Å². The first-order valence-electron chi connectivity index (χ1n) is 6.26. The number of amides is 1. The summed E-state index contributed by atoms with van der Waals surface area (Å²) in [6.07, 6.45) is 1.94. The Morgan fingerprint density at radius 3 is 2.61 bits per heavy atom. The molecule has 0 heterocycles. The van der Waals surface area contributed by atoms with E-state index in [0.29, 0.717) is 18.8 Å². The summed E-state index contributed by atoms with van der Waals surface area (Å²) in [6.45, 7) is 5.21. The molecular weight excluding hydrogens is 233 g/mol. The highest BCUT2D eigenvalue weighted by atomic mass is 19.1. The lowest BCUT2D eigenvalue weighted by atomic mass is 10.1. The SMILES string of the molecule is CCCCN(CC)C(=O)c1ccc(OC)cc1F. The highest BCUT2D eigenvalue weighted by molar-refractivity contribution is 5.94. The summed E-state index contributed by atoms with van der Waals surface area (Å²) in [6, 6.07) is 4.32. The van der Waals surface area contributed by atoms with E-state index < -0.39 is 5.82 Å². The Kier molecular flexibility index (Phi) is 5.62. The van der Waals surface area contributed by atoms with Gasteiger partial charge in [-0.05, 0) is 25.5 Å². The maximum Gasteiger partial charge on any atom is 0.256 e. The molecule has 0 aliphatic carbocycles. The molecule has 0 spiro atoms. The molecule has 1 rings (SSSR count). The predicted octanol–water partition coefficient (Wildman–Crippen LogP) is 3.10. The molecule has 1 amide bonds. The molecule has 0 saturated carbocycles. The van der Waals surface area contributed by atoms with E-state index in [0.717, 1.165) is 12.8 Å². The first kappa shape index (κ1) is 14.5. The molecule has 0 fully saturated rings. The van der Waals surface area contributed by atoms with Gasteiger partial charge in [-0.25, -0.2) is 4.39 Å². The smallest absolute Gasteiger partial charge is 0.256 e. The van der Waals surface area contributed by atoms with Crippen LogP contribution in [0.25, 0.3) is 0 Å². The van der Waals surface area contributed by atoms with Gasteiger partial charge in [0.1, 0.15) is 11.6 Å². The van der Waals surface area contributed by atoms with Crippen molar-refractivity contribution in [1.82, 2.24) is 4.90 Å². The zero-order valence-electron chi connectivity index (χ0n) is 11.2. The van der Waals surface area contributed by atoms with Crippen LogP contribution in [0.2, 0.25) is 0 Å². The van der Waals surface area contributed by atoms with Gasteiger partial charge in [0.05, 0.1) is 12.7 Å². The molecule has 1 aromatic rings. The average molecular weight is 253 g/mol. The average Bonchev–Trinajstić information content (AvgIpc) is 2.39. The highest BCUT2D eigenvalue weighted by Crippen LogP contribution is 2.18. The van der Waals surface area contributed by atoms with Crippen LogP contribution in [0.5, 0.6) is 5.75 Å². The lowest BCUT2D eigenvalue weighted by Gasteiger charge is -2.21. The lowest BCUT2D eigenvalue weighted by molar-refractivity contribution is 0.0757. The summed E-state index contributed by atoms with van der Waals surface area (Å²) < 4.78 is 18.7. The number of nitrogens with zero attached hydrogens (tertiary/aromatic N) is 1. The number of hydrogen-bond donors (Lipinski definition) is 0. The van der Waals surface area contributed by atoms with E-state index in [9.17, 15) is 9.18 Å². The van der Waals surface area contributed by atoms with Crippen molar-refractivity contribution in [1.29, 1.82) is 0 Å². The summed E-state index contributed by atoms with van der Waals surface area (Å²) in [7, 11) is 1.47. The van der Waals surface area contributed by atoms with E-state index in [1.807, 2.05) is 6.92 Å². The van der Waals surface area contributed by atoms with Crippen LogP contribution in [-0.2, 0) is 0 Å². The molecule has 0 aliphatic heterocycles. The van der Waals surface area contributed by atoms with Crippen LogP contribution in [0.1, 0.15) is 37.0 Å². The molecule has 0 N–H and O–H groups in total. The highest BCUT2D eigenvalue weighted by Gasteiger charge is 2.17. The number of carbonyl (C=O) groups is 1. The number of halogens is 1. The van der Waals surface area contributed by atoms with E-state index in [1.54, 1.807) is 11.0 Å². The first-order chi connectivity index (χ1) is 8.63. The van der Waals surface area contributed by atoms with Gasteiger partial charge in [0.2, 0.25) is 0 Å². The molecule has 0 saturated heterocycles. The Morgan fingerprint density at radius 2 is 2.11 bits per heavy atom. The molecule has 0 aromatic heterocycles. The minimum Gasteiger partial charge on any atom is -0.497 e. The van der Waals surface area contributed by atoms with E-state index in [2.05, 4.69) is 6.92 Å². The maximum absolute atomic E-state index is 13.8. The van der Waals surface area contributed by atoms with Crippen molar-refractivity contribution in [2.75, 3.05) is 20.2 Å². The second kappa shape index (κ2) is 6.99. The fraction of sp³-hybridized carbons (Fsp3) is 0.500. The van der Waals surface area contributed by atoms with E-state index >= 15 is 0 Å². The Morgan fingerprint density at radius 1 is 1.39 bits per heavy atom. The van der Waals surface area contributed by atoms with Crippen LogP contribution in [0, 0.1) is 5.82 Å². The molecule has 100 valence electrons. The van der Waals surface area contributed by atoms with Crippen LogP contribution in [0.15, 0.2) is 18.2 Å². The van der Waals surface area contributed by atoms with Crippen molar-refractivity contribution in [2.45, 2.75) is 26.7 Å². The molecule has 0 bridgehead atoms. The van der Waals surface area contributed by atoms with E-state index in [4.69, 9.17) is 4.74 Å². The summed E-state index contributed by atoms with van der Waals surface area (Å²) >= 11 is 0. The molecule has 1 aromatic carbocycles. The molecule has 0 atom stereocenters. The van der Waals surface area contributed by atoms with Gasteiger partial charge in [0, 0.05) is 19.2 Å². The number of hydrogen-bond acceptors (Lipinski definition) is 2. The lowest BCUT2D eigenvalue weighted by Crippen LogP contribution is -2.32. The number of ether oxygens (including phenoxy) is 1. The van der Waals surface area contributed by atoms with Crippen LogP contribution < -0.4 is 4.74 Å². The van der Waals surface area contributed by atoms with Crippen molar-refractivity contribution >= 4 is 5.91 Å². The molecule has 0 radical (unpaired) electrons. The van der Waals surface area contributed by atoms with Gasteiger partial charge in [-0.3, -0.25) is 4.79 Å². The fourth-order valence-corrected chi connectivity index (χ4v) is 1.72. The number of methoxy groups -OCH3 is 1. The van der Waals surface area contributed by atoms with Crippen molar-refractivity contribution < 1.29 is 13.9 Å². The Bertz CT molecular complexity index is 407. The molecule has 4 heteroatoms.